The van der Waals surface area contributed by atoms with E-state index in [0.717, 1.165) is 32.4 Å². The predicted molar refractivity (Wildman–Crippen MR) is 116 cm³/mol. The minimum atomic E-state index is -0.606. The summed E-state index contributed by atoms with van der Waals surface area (Å²) in [4.78, 5) is 45.2. The third-order valence-electron chi connectivity index (χ3n) is 6.53. The van der Waals surface area contributed by atoms with Gasteiger partial charge in [-0.1, -0.05) is 27.4 Å². The lowest BCUT2D eigenvalue weighted by molar-refractivity contribution is -0.147. The molecule has 0 aromatic rings. The van der Waals surface area contributed by atoms with Crippen molar-refractivity contribution in [1.29, 1.82) is 0 Å². The van der Waals surface area contributed by atoms with Gasteiger partial charge in [-0.2, -0.15) is 0 Å². The lowest BCUT2D eigenvalue weighted by Crippen LogP contribution is -2.67. The van der Waals surface area contributed by atoms with Gasteiger partial charge in [0.15, 0.2) is 0 Å². The summed E-state index contributed by atoms with van der Waals surface area (Å²) in [6, 6.07) is -0.754. The van der Waals surface area contributed by atoms with Crippen LogP contribution in [0, 0.1) is 5.92 Å². The van der Waals surface area contributed by atoms with Gasteiger partial charge < -0.3 is 19.4 Å². The molecule has 2 rings (SSSR count). The zero-order valence-corrected chi connectivity index (χ0v) is 19.2. The Balaban J connectivity index is 2.11. The summed E-state index contributed by atoms with van der Waals surface area (Å²) < 4.78 is 4.90. The number of piperazine rings is 1. The Labute approximate surface area is 180 Å². The lowest BCUT2D eigenvalue weighted by atomic mass is 9.83. The second-order valence-electron chi connectivity index (χ2n) is 8.77. The molecule has 0 unspecified atom stereocenters. The van der Waals surface area contributed by atoms with Gasteiger partial charge in [-0.15, -0.1) is 0 Å². The topological polar surface area (TPSA) is 73.4 Å². The molecule has 0 radical (unpaired) electrons. The summed E-state index contributed by atoms with van der Waals surface area (Å²) >= 11 is 0. The van der Waals surface area contributed by atoms with Crippen molar-refractivity contribution in [2.24, 2.45) is 5.92 Å². The highest BCUT2D eigenvalue weighted by molar-refractivity contribution is 5.87. The van der Waals surface area contributed by atoms with Crippen LogP contribution in [0.1, 0.15) is 40.0 Å². The van der Waals surface area contributed by atoms with E-state index in [-0.39, 0.29) is 23.4 Å². The molecule has 3 amide bonds. The first kappa shape index (κ1) is 24.2. The highest BCUT2D eigenvalue weighted by Gasteiger charge is 2.45. The second-order valence-corrected chi connectivity index (χ2v) is 8.77. The second kappa shape index (κ2) is 10.3. The van der Waals surface area contributed by atoms with Crippen molar-refractivity contribution in [3.8, 4) is 0 Å². The molecule has 2 fully saturated rings. The van der Waals surface area contributed by atoms with Crippen LogP contribution < -0.4 is 0 Å². The molecule has 8 nitrogen and oxygen atoms in total. The van der Waals surface area contributed by atoms with E-state index in [4.69, 9.17) is 4.74 Å². The number of amides is 3. The molecule has 0 saturated carbocycles. The Morgan fingerprint density at radius 3 is 2.27 bits per heavy atom. The van der Waals surface area contributed by atoms with Crippen molar-refractivity contribution in [2.45, 2.75) is 51.6 Å². The number of ether oxygens (including phenoxy) is 1. The van der Waals surface area contributed by atoms with Crippen molar-refractivity contribution in [3.63, 3.8) is 0 Å². The van der Waals surface area contributed by atoms with E-state index in [1.54, 1.807) is 7.05 Å². The van der Waals surface area contributed by atoms with Gasteiger partial charge in [0.25, 0.3) is 0 Å². The van der Waals surface area contributed by atoms with Gasteiger partial charge >= 0.3 is 12.0 Å². The zero-order chi connectivity index (χ0) is 22.5. The molecule has 2 heterocycles. The molecule has 0 N–H and O–H groups in total. The van der Waals surface area contributed by atoms with Gasteiger partial charge in [-0.3, -0.25) is 9.69 Å². The Bertz CT molecular complexity index is 643. The van der Waals surface area contributed by atoms with Gasteiger partial charge in [0.1, 0.15) is 6.04 Å². The summed E-state index contributed by atoms with van der Waals surface area (Å²) in [5.41, 5.74) is -0.109. The van der Waals surface area contributed by atoms with Crippen LogP contribution in [-0.4, -0.2) is 103 Å². The molecule has 8 heteroatoms. The quantitative estimate of drug-likeness (QED) is 0.482. The number of hydrogen-bond donors (Lipinski definition) is 0. The number of esters is 1. The van der Waals surface area contributed by atoms with Crippen LogP contribution >= 0.6 is 0 Å². The number of hydrogen-bond acceptors (Lipinski definition) is 5. The van der Waals surface area contributed by atoms with Crippen molar-refractivity contribution in [2.75, 3.05) is 53.4 Å². The molecule has 0 aromatic heterocycles. The largest absolute Gasteiger partial charge is 0.467 e. The molecule has 0 aliphatic carbocycles. The van der Waals surface area contributed by atoms with Crippen LogP contribution in [0.25, 0.3) is 0 Å². The number of likely N-dealkylation sites (tertiary alicyclic amines) is 1. The van der Waals surface area contributed by atoms with Gasteiger partial charge in [0.2, 0.25) is 5.91 Å². The molecule has 2 aliphatic heterocycles. The van der Waals surface area contributed by atoms with Crippen molar-refractivity contribution in [1.82, 2.24) is 19.6 Å². The highest BCUT2D eigenvalue weighted by Crippen LogP contribution is 2.33. The van der Waals surface area contributed by atoms with E-state index >= 15 is 0 Å². The van der Waals surface area contributed by atoms with Crippen molar-refractivity contribution >= 4 is 17.9 Å². The van der Waals surface area contributed by atoms with Crippen LogP contribution in [-0.2, 0) is 14.3 Å². The first-order valence-corrected chi connectivity index (χ1v) is 11.0. The third kappa shape index (κ3) is 4.96. The highest BCUT2D eigenvalue weighted by atomic mass is 16.5. The molecule has 2 saturated heterocycles. The number of carbonyl (C=O) groups is 3. The smallest absolute Gasteiger partial charge is 0.328 e. The van der Waals surface area contributed by atoms with Crippen LogP contribution in [0.4, 0.5) is 4.79 Å². The maximum atomic E-state index is 13.1. The summed E-state index contributed by atoms with van der Waals surface area (Å²) in [5, 5.41) is 0. The lowest BCUT2D eigenvalue weighted by Gasteiger charge is -2.54. The minimum absolute atomic E-state index is 0.0263. The number of methoxy groups -OCH3 is 1. The molecule has 2 aliphatic rings. The van der Waals surface area contributed by atoms with Gasteiger partial charge in [-0.25, -0.2) is 9.59 Å². The molecular formula is C22H38N4O4. The van der Waals surface area contributed by atoms with Gasteiger partial charge in [0.05, 0.1) is 7.11 Å². The maximum Gasteiger partial charge on any atom is 0.328 e. The summed E-state index contributed by atoms with van der Waals surface area (Å²) in [5.74, 6) is -0.463. The summed E-state index contributed by atoms with van der Waals surface area (Å²) in [6.07, 6.45) is 4.05. The SMILES string of the molecule is C=CC(=O)N1CCN(CCC)C2(CCN(C(=O)N(C)[C@H](C(=O)OC)C(C)C)CC2)C1. The number of rotatable bonds is 6. The van der Waals surface area contributed by atoms with E-state index in [1.165, 1.54) is 18.1 Å². The van der Waals surface area contributed by atoms with E-state index in [9.17, 15) is 14.4 Å². The number of urea groups is 1. The molecule has 0 bridgehead atoms. The molecule has 1 atom stereocenters. The average molecular weight is 423 g/mol. The predicted octanol–water partition coefficient (Wildman–Crippen LogP) is 1.81. The molecule has 1 spiro atoms. The fourth-order valence-electron chi connectivity index (χ4n) is 4.88. The van der Waals surface area contributed by atoms with Crippen LogP contribution in [0.15, 0.2) is 12.7 Å². The fourth-order valence-corrected chi connectivity index (χ4v) is 4.88. The third-order valence-corrected chi connectivity index (χ3v) is 6.53. The number of piperidine rings is 1. The molecule has 170 valence electrons. The Hall–Kier alpha value is -2.09. The van der Waals surface area contributed by atoms with Gasteiger partial charge in [0, 0.05) is 45.3 Å². The van der Waals surface area contributed by atoms with E-state index in [0.29, 0.717) is 26.2 Å². The number of nitrogens with zero attached hydrogens (tertiary/aromatic N) is 4. The van der Waals surface area contributed by atoms with E-state index < -0.39 is 12.0 Å². The summed E-state index contributed by atoms with van der Waals surface area (Å²) in [6.45, 7) is 14.0. The average Bonchev–Trinajstić information content (AvgIpc) is 2.74. The summed E-state index contributed by atoms with van der Waals surface area (Å²) in [7, 11) is 3.02. The molecule has 0 aromatic carbocycles. The zero-order valence-electron chi connectivity index (χ0n) is 19.2. The van der Waals surface area contributed by atoms with Crippen LogP contribution in [0.3, 0.4) is 0 Å². The monoisotopic (exact) mass is 422 g/mol. The Morgan fingerprint density at radius 2 is 1.77 bits per heavy atom. The standard InChI is InChI=1S/C22H38N4O4/c1-7-11-26-15-14-25(18(27)8-2)16-22(26)9-12-24(13-10-22)21(29)23(5)19(17(3)4)20(28)30-6/h8,17,19H,2,7,9-16H2,1,3-6H3/t19-/m0/s1. The first-order chi connectivity index (χ1) is 14.2. The van der Waals surface area contributed by atoms with E-state index in [2.05, 4.69) is 18.4 Å². The number of likely N-dealkylation sites (N-methyl/N-ethyl adjacent to an activating group) is 1. The maximum absolute atomic E-state index is 13.1. The van der Waals surface area contributed by atoms with Gasteiger partial charge in [-0.05, 0) is 37.8 Å². The van der Waals surface area contributed by atoms with Crippen LogP contribution in [0.2, 0.25) is 0 Å². The Morgan fingerprint density at radius 1 is 1.13 bits per heavy atom. The number of carbonyl (C=O) groups excluding carboxylic acids is 3. The van der Waals surface area contributed by atoms with Crippen molar-refractivity contribution < 1.29 is 19.1 Å². The molecular weight excluding hydrogens is 384 g/mol. The Kier molecular flexibility index (Phi) is 8.29. The molecule has 30 heavy (non-hydrogen) atoms. The minimum Gasteiger partial charge on any atom is -0.467 e. The van der Waals surface area contributed by atoms with Crippen molar-refractivity contribution in [3.05, 3.63) is 12.7 Å². The fraction of sp³-hybridized carbons (Fsp3) is 0.773. The first-order valence-electron chi connectivity index (χ1n) is 11.0. The normalized spacial score (nSPS) is 20.2. The van der Waals surface area contributed by atoms with E-state index in [1.807, 2.05) is 23.6 Å². The van der Waals surface area contributed by atoms with Crippen LogP contribution in [0.5, 0.6) is 0 Å².